The lowest BCUT2D eigenvalue weighted by molar-refractivity contribution is 0.0655. The SMILES string of the molecule is CN(C)C1CCN(C(=O)c2c(O)cccc2F)CC1. The lowest BCUT2D eigenvalue weighted by Crippen LogP contribution is -2.44. The summed E-state index contributed by atoms with van der Waals surface area (Å²) in [5.41, 5.74) is -0.217. The highest BCUT2D eigenvalue weighted by molar-refractivity contribution is 5.97. The predicted octanol–water partition coefficient (Wildman–Crippen LogP) is 1.70. The number of phenolic OH excluding ortho intramolecular Hbond substituents is 1. The molecule has 104 valence electrons. The van der Waals surface area contributed by atoms with Gasteiger partial charge in [0.2, 0.25) is 0 Å². The molecule has 0 radical (unpaired) electrons. The molecule has 1 aromatic carbocycles. The number of amides is 1. The van der Waals surface area contributed by atoms with Gasteiger partial charge in [0.05, 0.1) is 0 Å². The number of nitrogens with zero attached hydrogens (tertiary/aromatic N) is 2. The maximum atomic E-state index is 13.6. The highest BCUT2D eigenvalue weighted by Crippen LogP contribution is 2.24. The monoisotopic (exact) mass is 266 g/mol. The standard InChI is InChI=1S/C14H19FN2O2/c1-16(2)10-6-8-17(9-7-10)14(19)13-11(15)4-3-5-12(13)18/h3-5,10,18H,6-9H2,1-2H3. The molecule has 0 saturated carbocycles. The van der Waals surface area contributed by atoms with E-state index >= 15 is 0 Å². The minimum atomic E-state index is -0.667. The van der Waals surface area contributed by atoms with E-state index in [1.807, 2.05) is 14.1 Å². The number of hydrogen-bond donors (Lipinski definition) is 1. The maximum Gasteiger partial charge on any atom is 0.260 e. The predicted molar refractivity (Wildman–Crippen MR) is 70.7 cm³/mol. The second-order valence-corrected chi connectivity index (χ2v) is 5.12. The van der Waals surface area contributed by atoms with Crippen LogP contribution in [0.3, 0.4) is 0 Å². The van der Waals surface area contributed by atoms with E-state index in [4.69, 9.17) is 0 Å². The summed E-state index contributed by atoms with van der Waals surface area (Å²) in [6.07, 6.45) is 1.74. The molecule has 1 aromatic rings. The van der Waals surface area contributed by atoms with E-state index < -0.39 is 11.7 Å². The third-order valence-corrected chi connectivity index (χ3v) is 3.69. The molecule has 0 atom stereocenters. The molecule has 4 nitrogen and oxygen atoms in total. The molecule has 1 saturated heterocycles. The van der Waals surface area contributed by atoms with Gasteiger partial charge in [0, 0.05) is 19.1 Å². The first-order chi connectivity index (χ1) is 9.00. The molecule has 1 amide bonds. The lowest BCUT2D eigenvalue weighted by atomic mass is 10.0. The van der Waals surface area contributed by atoms with Crippen molar-refractivity contribution >= 4 is 5.91 Å². The second kappa shape index (κ2) is 5.57. The van der Waals surface area contributed by atoms with Crippen LogP contribution < -0.4 is 0 Å². The van der Waals surface area contributed by atoms with Crippen LogP contribution in [0.25, 0.3) is 0 Å². The fraction of sp³-hybridized carbons (Fsp3) is 0.500. The Morgan fingerprint density at radius 1 is 1.37 bits per heavy atom. The molecular formula is C14H19FN2O2. The average molecular weight is 266 g/mol. The Labute approximate surface area is 112 Å². The maximum absolute atomic E-state index is 13.6. The van der Waals surface area contributed by atoms with Crippen LogP contribution in [0.1, 0.15) is 23.2 Å². The van der Waals surface area contributed by atoms with Crippen LogP contribution in [0.4, 0.5) is 4.39 Å². The molecule has 19 heavy (non-hydrogen) atoms. The molecule has 1 heterocycles. The Kier molecular flexibility index (Phi) is 4.04. The lowest BCUT2D eigenvalue weighted by Gasteiger charge is -2.35. The third kappa shape index (κ3) is 2.87. The van der Waals surface area contributed by atoms with Crippen molar-refractivity contribution in [2.24, 2.45) is 0 Å². The fourth-order valence-electron chi connectivity index (χ4n) is 2.47. The molecule has 0 aliphatic carbocycles. The number of carbonyl (C=O) groups is 1. The Bertz CT molecular complexity index is 448. The first-order valence-electron chi connectivity index (χ1n) is 6.44. The van der Waals surface area contributed by atoms with Gasteiger partial charge >= 0.3 is 0 Å². The van der Waals surface area contributed by atoms with Crippen molar-refractivity contribution in [2.75, 3.05) is 27.2 Å². The van der Waals surface area contributed by atoms with Crippen LogP contribution >= 0.6 is 0 Å². The van der Waals surface area contributed by atoms with Crippen molar-refractivity contribution in [1.82, 2.24) is 9.80 Å². The van der Waals surface area contributed by atoms with Gasteiger partial charge in [-0.3, -0.25) is 4.79 Å². The summed E-state index contributed by atoms with van der Waals surface area (Å²) < 4.78 is 13.6. The number of phenols is 1. The Balaban J connectivity index is 2.10. The minimum Gasteiger partial charge on any atom is -0.507 e. The molecule has 0 unspecified atom stereocenters. The van der Waals surface area contributed by atoms with Crippen molar-refractivity contribution in [1.29, 1.82) is 0 Å². The number of halogens is 1. The normalized spacial score (nSPS) is 16.9. The molecular weight excluding hydrogens is 247 g/mol. The topological polar surface area (TPSA) is 43.8 Å². The smallest absolute Gasteiger partial charge is 0.260 e. The van der Waals surface area contributed by atoms with E-state index in [0.29, 0.717) is 19.1 Å². The van der Waals surface area contributed by atoms with Crippen LogP contribution in [0.5, 0.6) is 5.75 Å². The summed E-state index contributed by atoms with van der Waals surface area (Å²) in [7, 11) is 4.04. The summed E-state index contributed by atoms with van der Waals surface area (Å²) in [6, 6.07) is 4.38. The molecule has 1 N–H and O–H groups in total. The van der Waals surface area contributed by atoms with Crippen molar-refractivity contribution < 1.29 is 14.3 Å². The summed E-state index contributed by atoms with van der Waals surface area (Å²) >= 11 is 0. The number of hydrogen-bond acceptors (Lipinski definition) is 3. The van der Waals surface area contributed by atoms with E-state index in [1.165, 1.54) is 18.2 Å². The minimum absolute atomic E-state index is 0.217. The van der Waals surface area contributed by atoms with Crippen molar-refractivity contribution in [2.45, 2.75) is 18.9 Å². The second-order valence-electron chi connectivity index (χ2n) is 5.12. The van der Waals surface area contributed by atoms with Crippen molar-refractivity contribution in [3.05, 3.63) is 29.6 Å². The van der Waals surface area contributed by atoms with Crippen LogP contribution in [0, 0.1) is 5.82 Å². The van der Waals surface area contributed by atoms with Crippen LogP contribution in [0.2, 0.25) is 0 Å². The zero-order valence-electron chi connectivity index (χ0n) is 11.3. The number of aromatic hydroxyl groups is 1. The van der Waals surface area contributed by atoms with Gasteiger partial charge in [-0.15, -0.1) is 0 Å². The van der Waals surface area contributed by atoms with Crippen LogP contribution in [-0.4, -0.2) is 54.0 Å². The van der Waals surface area contributed by atoms with E-state index in [2.05, 4.69) is 4.90 Å². The van der Waals surface area contributed by atoms with Crippen molar-refractivity contribution in [3.8, 4) is 5.75 Å². The van der Waals surface area contributed by atoms with Gasteiger partial charge in [-0.2, -0.15) is 0 Å². The van der Waals surface area contributed by atoms with E-state index in [-0.39, 0.29) is 11.3 Å². The highest BCUT2D eigenvalue weighted by Gasteiger charge is 2.27. The largest absolute Gasteiger partial charge is 0.507 e. The first-order valence-corrected chi connectivity index (χ1v) is 6.44. The molecule has 0 bridgehead atoms. The van der Waals surface area contributed by atoms with Gasteiger partial charge in [-0.25, -0.2) is 4.39 Å². The molecule has 1 aliphatic heterocycles. The average Bonchev–Trinajstić information content (AvgIpc) is 2.38. The molecule has 2 rings (SSSR count). The molecule has 5 heteroatoms. The fourth-order valence-corrected chi connectivity index (χ4v) is 2.47. The molecule has 0 spiro atoms. The van der Waals surface area contributed by atoms with Gasteiger partial charge in [0.1, 0.15) is 17.1 Å². The number of piperidine rings is 1. The van der Waals surface area contributed by atoms with Gasteiger partial charge < -0.3 is 14.9 Å². The quantitative estimate of drug-likeness (QED) is 0.886. The van der Waals surface area contributed by atoms with E-state index in [0.717, 1.165) is 12.8 Å². The Hall–Kier alpha value is -1.62. The Morgan fingerprint density at radius 2 is 2.00 bits per heavy atom. The number of likely N-dealkylation sites (tertiary alicyclic amines) is 1. The zero-order valence-corrected chi connectivity index (χ0v) is 11.3. The highest BCUT2D eigenvalue weighted by atomic mass is 19.1. The summed E-state index contributed by atoms with van der Waals surface area (Å²) in [4.78, 5) is 16.0. The zero-order chi connectivity index (χ0) is 14.0. The van der Waals surface area contributed by atoms with E-state index in [1.54, 1.807) is 4.90 Å². The van der Waals surface area contributed by atoms with Crippen LogP contribution in [-0.2, 0) is 0 Å². The van der Waals surface area contributed by atoms with Crippen molar-refractivity contribution in [3.63, 3.8) is 0 Å². The van der Waals surface area contributed by atoms with Gasteiger partial charge in [0.25, 0.3) is 5.91 Å². The molecule has 1 fully saturated rings. The van der Waals surface area contributed by atoms with Gasteiger partial charge in [0.15, 0.2) is 0 Å². The Morgan fingerprint density at radius 3 is 2.53 bits per heavy atom. The number of benzene rings is 1. The first kappa shape index (κ1) is 13.8. The summed E-state index contributed by atoms with van der Waals surface area (Å²) in [5.74, 6) is -1.38. The van der Waals surface area contributed by atoms with E-state index in [9.17, 15) is 14.3 Å². The summed E-state index contributed by atoms with van der Waals surface area (Å²) in [5, 5.41) is 9.64. The summed E-state index contributed by atoms with van der Waals surface area (Å²) in [6.45, 7) is 1.19. The van der Waals surface area contributed by atoms with Gasteiger partial charge in [-0.1, -0.05) is 6.07 Å². The third-order valence-electron chi connectivity index (χ3n) is 3.69. The number of rotatable bonds is 2. The number of carbonyl (C=O) groups excluding carboxylic acids is 1. The molecule has 0 aromatic heterocycles. The molecule has 1 aliphatic rings. The van der Waals surface area contributed by atoms with Crippen LogP contribution in [0.15, 0.2) is 18.2 Å². The van der Waals surface area contributed by atoms with Gasteiger partial charge in [-0.05, 0) is 39.1 Å².